The number of anilines is 1. The third-order valence-electron chi connectivity index (χ3n) is 2.18. The fourth-order valence-electron chi connectivity index (χ4n) is 1.31. The number of hydrogen-bond donors (Lipinski definition) is 1. The number of benzene rings is 1. The van der Waals surface area contributed by atoms with Gasteiger partial charge in [0.05, 0.1) is 0 Å². The molecule has 0 atom stereocenters. The predicted molar refractivity (Wildman–Crippen MR) is 72.5 cm³/mol. The second-order valence-electron chi connectivity index (χ2n) is 3.65. The number of halogens is 2. The van der Waals surface area contributed by atoms with Gasteiger partial charge in [0, 0.05) is 10.7 Å². The van der Waals surface area contributed by atoms with E-state index in [0.717, 1.165) is 4.47 Å². The highest BCUT2D eigenvalue weighted by atomic mass is 79.9. The van der Waals surface area contributed by atoms with E-state index in [1.54, 1.807) is 18.3 Å². The van der Waals surface area contributed by atoms with Crippen molar-refractivity contribution in [1.29, 1.82) is 0 Å². The number of nitrogens with zero attached hydrogens (tertiary/aromatic N) is 1. The molecule has 0 saturated carbocycles. The summed E-state index contributed by atoms with van der Waals surface area (Å²) in [6, 6.07) is 8.89. The van der Waals surface area contributed by atoms with Gasteiger partial charge in [0.25, 0.3) is 5.91 Å². The average Bonchev–Trinajstić information content (AvgIpc) is 2.41. The maximum atomic E-state index is 12.7. The highest BCUT2D eigenvalue weighted by Crippen LogP contribution is 2.12. The molecule has 2 aromatic rings. The number of carbonyl (C=O) groups is 1. The Morgan fingerprint density at radius 1 is 1.26 bits per heavy atom. The van der Waals surface area contributed by atoms with Crippen LogP contribution >= 0.6 is 15.9 Å². The Morgan fingerprint density at radius 3 is 2.63 bits per heavy atom. The van der Waals surface area contributed by atoms with Gasteiger partial charge < -0.3 is 10.1 Å². The van der Waals surface area contributed by atoms with E-state index in [0.29, 0.717) is 11.6 Å². The van der Waals surface area contributed by atoms with Crippen LogP contribution in [0.5, 0.6) is 5.75 Å². The molecule has 1 N–H and O–H groups in total. The Hall–Kier alpha value is -1.95. The molecule has 2 rings (SSSR count). The van der Waals surface area contributed by atoms with Crippen LogP contribution in [0.1, 0.15) is 0 Å². The molecule has 0 fully saturated rings. The molecule has 0 bridgehead atoms. The van der Waals surface area contributed by atoms with E-state index < -0.39 is 0 Å². The molecule has 1 aromatic heterocycles. The fraction of sp³-hybridized carbons (Fsp3) is 0.0769. The number of carbonyl (C=O) groups excluding carboxylic acids is 1. The topological polar surface area (TPSA) is 51.2 Å². The molecular formula is C13H10BrFN2O2. The number of rotatable bonds is 4. The standard InChI is InChI=1S/C13H10BrFN2O2/c14-9-1-6-12(16-7-9)17-13(18)8-19-11-4-2-10(15)3-5-11/h1-7H,8H2,(H,16,17,18). The van der Waals surface area contributed by atoms with Gasteiger partial charge in [-0.05, 0) is 52.3 Å². The molecule has 4 nitrogen and oxygen atoms in total. The van der Waals surface area contributed by atoms with Crippen molar-refractivity contribution in [3.8, 4) is 5.75 Å². The summed E-state index contributed by atoms with van der Waals surface area (Å²) in [7, 11) is 0. The van der Waals surface area contributed by atoms with Gasteiger partial charge in [0.15, 0.2) is 6.61 Å². The molecule has 19 heavy (non-hydrogen) atoms. The highest BCUT2D eigenvalue weighted by Gasteiger charge is 2.04. The predicted octanol–water partition coefficient (Wildman–Crippen LogP) is 3.00. The van der Waals surface area contributed by atoms with Crippen molar-refractivity contribution < 1.29 is 13.9 Å². The van der Waals surface area contributed by atoms with Gasteiger partial charge in [0.2, 0.25) is 0 Å². The molecule has 0 unspecified atom stereocenters. The second-order valence-corrected chi connectivity index (χ2v) is 4.57. The van der Waals surface area contributed by atoms with Gasteiger partial charge in [-0.1, -0.05) is 0 Å². The minimum absolute atomic E-state index is 0.163. The smallest absolute Gasteiger partial charge is 0.263 e. The molecule has 0 aliphatic carbocycles. The third kappa shape index (κ3) is 4.33. The monoisotopic (exact) mass is 324 g/mol. The lowest BCUT2D eigenvalue weighted by atomic mass is 10.3. The van der Waals surface area contributed by atoms with E-state index in [1.807, 2.05) is 0 Å². The third-order valence-corrected chi connectivity index (χ3v) is 2.65. The lowest BCUT2D eigenvalue weighted by molar-refractivity contribution is -0.118. The largest absolute Gasteiger partial charge is 0.484 e. The van der Waals surface area contributed by atoms with Crippen LogP contribution in [0, 0.1) is 5.82 Å². The molecule has 1 aromatic carbocycles. The lowest BCUT2D eigenvalue weighted by Crippen LogP contribution is -2.20. The van der Waals surface area contributed by atoms with E-state index in [9.17, 15) is 9.18 Å². The first kappa shape index (κ1) is 13.5. The van der Waals surface area contributed by atoms with Crippen LogP contribution in [0.15, 0.2) is 47.1 Å². The molecule has 1 heterocycles. The van der Waals surface area contributed by atoms with Crippen molar-refractivity contribution in [3.05, 3.63) is 52.9 Å². The summed E-state index contributed by atoms with van der Waals surface area (Å²) in [5.74, 6) is 0.186. The van der Waals surface area contributed by atoms with Crippen molar-refractivity contribution >= 4 is 27.7 Å². The maximum absolute atomic E-state index is 12.7. The van der Waals surface area contributed by atoms with E-state index in [4.69, 9.17) is 4.74 Å². The first-order valence-electron chi connectivity index (χ1n) is 5.43. The Bertz CT molecular complexity index is 558. The number of ether oxygens (including phenoxy) is 1. The van der Waals surface area contributed by atoms with Crippen LogP contribution in [0.4, 0.5) is 10.2 Å². The Morgan fingerprint density at radius 2 is 2.00 bits per heavy atom. The van der Waals surface area contributed by atoms with Gasteiger partial charge in [-0.15, -0.1) is 0 Å². The van der Waals surface area contributed by atoms with Crippen LogP contribution in [0.3, 0.4) is 0 Å². The van der Waals surface area contributed by atoms with Crippen LogP contribution in [0.2, 0.25) is 0 Å². The van der Waals surface area contributed by atoms with Crippen molar-refractivity contribution in [3.63, 3.8) is 0 Å². The summed E-state index contributed by atoms with van der Waals surface area (Å²) in [4.78, 5) is 15.6. The summed E-state index contributed by atoms with van der Waals surface area (Å²) < 4.78 is 18.7. The van der Waals surface area contributed by atoms with Crippen molar-refractivity contribution in [1.82, 2.24) is 4.98 Å². The molecule has 0 aliphatic heterocycles. The zero-order chi connectivity index (χ0) is 13.7. The number of aromatic nitrogens is 1. The Kier molecular flexibility index (Phi) is 4.46. The minimum Gasteiger partial charge on any atom is -0.484 e. The zero-order valence-electron chi connectivity index (χ0n) is 9.77. The van der Waals surface area contributed by atoms with Crippen LogP contribution in [-0.4, -0.2) is 17.5 Å². The van der Waals surface area contributed by atoms with Gasteiger partial charge >= 0.3 is 0 Å². The highest BCUT2D eigenvalue weighted by molar-refractivity contribution is 9.10. The summed E-state index contributed by atoms with van der Waals surface area (Å²) >= 11 is 3.25. The first-order valence-corrected chi connectivity index (χ1v) is 6.22. The summed E-state index contributed by atoms with van der Waals surface area (Å²) in [5.41, 5.74) is 0. The van der Waals surface area contributed by atoms with Crippen LogP contribution in [-0.2, 0) is 4.79 Å². The second kappa shape index (κ2) is 6.29. The summed E-state index contributed by atoms with van der Waals surface area (Å²) in [6.45, 7) is -0.163. The number of pyridine rings is 1. The van der Waals surface area contributed by atoms with Gasteiger partial charge in [-0.25, -0.2) is 9.37 Å². The fourth-order valence-corrected chi connectivity index (χ4v) is 1.54. The molecule has 98 valence electrons. The minimum atomic E-state index is -0.351. The number of nitrogens with one attached hydrogen (secondary N) is 1. The molecule has 0 saturated heterocycles. The molecule has 0 aliphatic rings. The Balaban J connectivity index is 1.84. The molecule has 6 heteroatoms. The van der Waals surface area contributed by atoms with Gasteiger partial charge in [-0.2, -0.15) is 0 Å². The molecule has 0 radical (unpaired) electrons. The van der Waals surface area contributed by atoms with Crippen molar-refractivity contribution in [2.75, 3.05) is 11.9 Å². The maximum Gasteiger partial charge on any atom is 0.263 e. The normalized spacial score (nSPS) is 10.0. The van der Waals surface area contributed by atoms with Gasteiger partial charge in [0.1, 0.15) is 17.4 Å². The summed E-state index contributed by atoms with van der Waals surface area (Å²) in [6.07, 6.45) is 1.58. The number of amides is 1. The first-order chi connectivity index (χ1) is 9.13. The van der Waals surface area contributed by atoms with E-state index in [2.05, 4.69) is 26.2 Å². The van der Waals surface area contributed by atoms with Crippen molar-refractivity contribution in [2.45, 2.75) is 0 Å². The Labute approximate surface area is 117 Å². The van der Waals surface area contributed by atoms with E-state index >= 15 is 0 Å². The quantitative estimate of drug-likeness (QED) is 0.940. The van der Waals surface area contributed by atoms with Crippen molar-refractivity contribution in [2.24, 2.45) is 0 Å². The van der Waals surface area contributed by atoms with Crippen LogP contribution < -0.4 is 10.1 Å². The van der Waals surface area contributed by atoms with E-state index in [-0.39, 0.29) is 18.3 Å². The SMILES string of the molecule is O=C(COc1ccc(F)cc1)Nc1ccc(Br)cn1. The van der Waals surface area contributed by atoms with E-state index in [1.165, 1.54) is 24.3 Å². The lowest BCUT2D eigenvalue weighted by Gasteiger charge is -2.06. The number of hydrogen-bond acceptors (Lipinski definition) is 3. The van der Waals surface area contributed by atoms with Crippen LogP contribution in [0.25, 0.3) is 0 Å². The molecule has 0 spiro atoms. The molecule has 1 amide bonds. The summed E-state index contributed by atoms with van der Waals surface area (Å²) in [5, 5.41) is 2.58. The average molecular weight is 325 g/mol. The van der Waals surface area contributed by atoms with Gasteiger partial charge in [-0.3, -0.25) is 4.79 Å². The zero-order valence-corrected chi connectivity index (χ0v) is 11.4. The molecular weight excluding hydrogens is 315 g/mol.